The average Bonchev–Trinajstić information content (AvgIpc) is 3.00. The van der Waals surface area contributed by atoms with E-state index in [-0.39, 0.29) is 23.9 Å². The van der Waals surface area contributed by atoms with Crippen molar-refractivity contribution in [2.24, 2.45) is 5.10 Å². The molecule has 0 spiro atoms. The molecule has 0 saturated heterocycles. The fraction of sp³-hybridized carbons (Fsp3) is 0.229. The Morgan fingerprint density at radius 1 is 0.953 bits per heavy atom. The van der Waals surface area contributed by atoms with Crippen molar-refractivity contribution < 1.29 is 18.6 Å². The zero-order valence-corrected chi connectivity index (χ0v) is 24.9. The Morgan fingerprint density at radius 2 is 1.72 bits per heavy atom. The van der Waals surface area contributed by atoms with Gasteiger partial charge in [0.1, 0.15) is 18.2 Å². The predicted octanol–water partition coefficient (Wildman–Crippen LogP) is 7.50. The third-order valence-corrected chi connectivity index (χ3v) is 7.09. The second-order valence-corrected chi connectivity index (χ2v) is 10.4. The van der Waals surface area contributed by atoms with Crippen LogP contribution in [0.15, 0.2) is 88.8 Å². The van der Waals surface area contributed by atoms with Crippen LogP contribution < -0.4 is 19.8 Å². The number of rotatable bonds is 10. The Labute approximate surface area is 250 Å². The molecule has 0 bridgehead atoms. The molecule has 7 nitrogen and oxygen atoms in total. The van der Waals surface area contributed by atoms with Gasteiger partial charge in [-0.25, -0.2) is 9.37 Å². The van der Waals surface area contributed by atoms with Crippen LogP contribution in [0.1, 0.15) is 48.9 Å². The summed E-state index contributed by atoms with van der Waals surface area (Å²) in [5.74, 6) is 2.20. The van der Waals surface area contributed by atoms with Crippen LogP contribution >= 0.6 is 0 Å². The summed E-state index contributed by atoms with van der Waals surface area (Å²) in [7, 11) is 1.66. The molecular formula is C35H34FN3O4. The Kier molecular flexibility index (Phi) is 8.85. The van der Waals surface area contributed by atoms with Crippen LogP contribution in [0.4, 0.5) is 4.39 Å². The van der Waals surface area contributed by atoms with Crippen LogP contribution in [0.2, 0.25) is 0 Å². The lowest BCUT2D eigenvalue weighted by molar-refractivity contribution is 0.269. The summed E-state index contributed by atoms with van der Waals surface area (Å²) in [6, 6.07) is 22.8. The van der Waals surface area contributed by atoms with Gasteiger partial charge in [-0.1, -0.05) is 38.1 Å². The number of nitrogens with zero attached hydrogens (tertiary/aromatic N) is 3. The van der Waals surface area contributed by atoms with Gasteiger partial charge in [0.2, 0.25) is 0 Å². The normalized spacial score (nSPS) is 11.4. The first-order valence-electron chi connectivity index (χ1n) is 14.2. The lowest BCUT2D eigenvalue weighted by Crippen LogP contribution is -2.20. The van der Waals surface area contributed by atoms with Crippen LogP contribution in [0.5, 0.6) is 17.2 Å². The standard InChI is InChI=1S/C35H34FN3O4/c1-6-42-33-18-25(13-16-31(33)43-21-24-11-14-26(36)15-12-24)20-37-39-34(38-30-10-8-7-9-27(30)35(39)40)29-19-28(22(2)3)32(41-5)17-23(29)4/h7-20,22H,6,21H2,1-5H3. The molecule has 1 aromatic heterocycles. The average molecular weight is 580 g/mol. The molecule has 0 aliphatic rings. The summed E-state index contributed by atoms with van der Waals surface area (Å²) in [4.78, 5) is 18.7. The lowest BCUT2D eigenvalue weighted by atomic mass is 9.96. The molecule has 0 unspecified atom stereocenters. The molecule has 8 heteroatoms. The Hall–Kier alpha value is -4.98. The highest BCUT2D eigenvalue weighted by Crippen LogP contribution is 2.34. The van der Waals surface area contributed by atoms with Crippen molar-refractivity contribution in [3.05, 3.63) is 117 Å². The third-order valence-electron chi connectivity index (χ3n) is 7.09. The van der Waals surface area contributed by atoms with Gasteiger partial charge in [-0.15, -0.1) is 0 Å². The number of fused-ring (bicyclic) bond motifs is 1. The maximum absolute atomic E-state index is 13.8. The molecule has 4 aromatic carbocycles. The molecule has 0 atom stereocenters. The predicted molar refractivity (Wildman–Crippen MR) is 168 cm³/mol. The highest BCUT2D eigenvalue weighted by Gasteiger charge is 2.18. The summed E-state index contributed by atoms with van der Waals surface area (Å²) in [6.45, 7) is 8.74. The van der Waals surface area contributed by atoms with E-state index in [1.165, 1.54) is 16.8 Å². The number of hydrogen-bond donors (Lipinski definition) is 0. The zero-order chi connectivity index (χ0) is 30.5. The molecule has 43 heavy (non-hydrogen) atoms. The molecule has 0 saturated carbocycles. The van der Waals surface area contributed by atoms with E-state index in [0.29, 0.717) is 40.4 Å². The third kappa shape index (κ3) is 6.43. The molecule has 0 amide bonds. The van der Waals surface area contributed by atoms with Crippen molar-refractivity contribution in [1.82, 2.24) is 9.66 Å². The topological polar surface area (TPSA) is 74.9 Å². The maximum atomic E-state index is 13.8. The van der Waals surface area contributed by atoms with Crippen LogP contribution in [0, 0.1) is 12.7 Å². The van der Waals surface area contributed by atoms with E-state index in [9.17, 15) is 9.18 Å². The SMILES string of the molecule is CCOc1cc(C=Nn2c(-c3cc(C(C)C)c(OC)cc3C)nc3ccccc3c2=O)ccc1OCc1ccc(F)cc1. The molecular weight excluding hydrogens is 545 g/mol. The van der Waals surface area contributed by atoms with Crippen molar-refractivity contribution in [1.29, 1.82) is 0 Å². The van der Waals surface area contributed by atoms with Crippen molar-refractivity contribution >= 4 is 17.1 Å². The van der Waals surface area contributed by atoms with Gasteiger partial charge >= 0.3 is 0 Å². The molecule has 1 heterocycles. The van der Waals surface area contributed by atoms with E-state index in [1.807, 2.05) is 56.3 Å². The first-order chi connectivity index (χ1) is 20.8. The Balaban J connectivity index is 1.56. The number of benzene rings is 4. The van der Waals surface area contributed by atoms with E-state index in [2.05, 4.69) is 18.9 Å². The summed E-state index contributed by atoms with van der Waals surface area (Å²) in [5.41, 5.74) is 4.58. The highest BCUT2D eigenvalue weighted by atomic mass is 19.1. The largest absolute Gasteiger partial charge is 0.496 e. The van der Waals surface area contributed by atoms with Crippen molar-refractivity contribution in [2.45, 2.75) is 40.2 Å². The van der Waals surface area contributed by atoms with Crippen molar-refractivity contribution in [2.75, 3.05) is 13.7 Å². The highest BCUT2D eigenvalue weighted by molar-refractivity contribution is 5.83. The quantitative estimate of drug-likeness (QED) is 0.160. The maximum Gasteiger partial charge on any atom is 0.282 e. The molecule has 0 aliphatic carbocycles. The molecule has 0 radical (unpaired) electrons. The van der Waals surface area contributed by atoms with Crippen LogP contribution in [0.25, 0.3) is 22.3 Å². The summed E-state index contributed by atoms with van der Waals surface area (Å²) in [6.07, 6.45) is 1.61. The zero-order valence-electron chi connectivity index (χ0n) is 24.9. The van der Waals surface area contributed by atoms with E-state index in [4.69, 9.17) is 19.2 Å². The van der Waals surface area contributed by atoms with Crippen LogP contribution in [-0.2, 0) is 6.61 Å². The lowest BCUT2D eigenvalue weighted by Gasteiger charge is -2.17. The first-order valence-corrected chi connectivity index (χ1v) is 14.2. The first kappa shape index (κ1) is 29.5. The minimum absolute atomic E-state index is 0.194. The number of aromatic nitrogens is 2. The number of hydrogen-bond acceptors (Lipinski definition) is 6. The summed E-state index contributed by atoms with van der Waals surface area (Å²) in [5, 5.41) is 5.12. The second-order valence-electron chi connectivity index (χ2n) is 10.4. The number of methoxy groups -OCH3 is 1. The molecule has 0 N–H and O–H groups in total. The fourth-order valence-corrected chi connectivity index (χ4v) is 4.83. The molecule has 0 fully saturated rings. The van der Waals surface area contributed by atoms with Gasteiger partial charge in [0.15, 0.2) is 17.3 Å². The number of ether oxygens (including phenoxy) is 3. The molecule has 5 aromatic rings. The summed E-state index contributed by atoms with van der Waals surface area (Å²) >= 11 is 0. The Morgan fingerprint density at radius 3 is 2.44 bits per heavy atom. The van der Waals surface area contributed by atoms with E-state index in [1.54, 1.807) is 37.6 Å². The van der Waals surface area contributed by atoms with Crippen LogP contribution in [-0.4, -0.2) is 29.6 Å². The fourth-order valence-electron chi connectivity index (χ4n) is 4.83. The number of aryl methyl sites for hydroxylation is 1. The van der Waals surface area contributed by atoms with Gasteiger partial charge < -0.3 is 14.2 Å². The van der Waals surface area contributed by atoms with Gasteiger partial charge in [-0.3, -0.25) is 4.79 Å². The van der Waals surface area contributed by atoms with Crippen LogP contribution in [0.3, 0.4) is 0 Å². The number of halogens is 1. The van der Waals surface area contributed by atoms with Gasteiger partial charge in [0.05, 0.1) is 30.8 Å². The summed E-state index contributed by atoms with van der Waals surface area (Å²) < 4.78 is 32.1. The van der Waals surface area contributed by atoms with E-state index < -0.39 is 0 Å². The van der Waals surface area contributed by atoms with Gasteiger partial charge in [-0.2, -0.15) is 9.78 Å². The van der Waals surface area contributed by atoms with E-state index >= 15 is 0 Å². The minimum atomic E-state index is -0.297. The second kappa shape index (κ2) is 12.9. The van der Waals surface area contributed by atoms with Crippen molar-refractivity contribution in [3.8, 4) is 28.6 Å². The Bertz CT molecular complexity index is 1850. The smallest absolute Gasteiger partial charge is 0.282 e. The number of para-hydroxylation sites is 1. The van der Waals surface area contributed by atoms with Crippen molar-refractivity contribution in [3.63, 3.8) is 0 Å². The molecule has 0 aliphatic heterocycles. The monoisotopic (exact) mass is 579 g/mol. The van der Waals surface area contributed by atoms with Gasteiger partial charge in [0, 0.05) is 5.56 Å². The van der Waals surface area contributed by atoms with Gasteiger partial charge in [0.25, 0.3) is 5.56 Å². The van der Waals surface area contributed by atoms with Gasteiger partial charge in [-0.05, 0) is 96.6 Å². The van der Waals surface area contributed by atoms with E-state index in [0.717, 1.165) is 28.0 Å². The molecule has 5 rings (SSSR count). The molecule has 220 valence electrons. The minimum Gasteiger partial charge on any atom is -0.496 e.